The summed E-state index contributed by atoms with van der Waals surface area (Å²) in [6.07, 6.45) is 0. The van der Waals surface area contributed by atoms with E-state index in [1.807, 2.05) is 23.5 Å². The lowest BCUT2D eigenvalue weighted by atomic mass is 10.5. The van der Waals surface area contributed by atoms with Crippen LogP contribution in [0.5, 0.6) is 0 Å². The summed E-state index contributed by atoms with van der Waals surface area (Å²) in [5, 5.41) is 0. The molecule has 12 heteroatoms. The molecule has 4 rings (SSSR count). The summed E-state index contributed by atoms with van der Waals surface area (Å²) in [5.41, 5.74) is 0. The van der Waals surface area contributed by atoms with Crippen LogP contribution in [0.3, 0.4) is 0 Å². The Kier molecular flexibility index (Phi) is 6.82. The Morgan fingerprint density at radius 2 is 1.19 bits per heavy atom. The first-order valence-electron chi connectivity index (χ1n) is 7.28. The zero-order chi connectivity index (χ0) is 18.3. The van der Waals surface area contributed by atoms with E-state index in [9.17, 15) is 9.59 Å². The van der Waals surface area contributed by atoms with Gasteiger partial charge >= 0.3 is 11.9 Å². The van der Waals surface area contributed by atoms with Gasteiger partial charge in [-0.2, -0.15) is 0 Å². The monoisotopic (exact) mass is 500 g/mol. The van der Waals surface area contributed by atoms with E-state index in [4.69, 9.17) is 9.47 Å². The number of esters is 2. The highest BCUT2D eigenvalue weighted by atomic mass is 32.3. The van der Waals surface area contributed by atoms with Crippen molar-refractivity contribution >= 4 is 106 Å². The van der Waals surface area contributed by atoms with Gasteiger partial charge in [0.1, 0.15) is 9.81 Å². The van der Waals surface area contributed by atoms with Gasteiger partial charge in [-0.15, -0.1) is 47.0 Å². The predicted octanol–water partition coefficient (Wildman–Crippen LogP) is 5.37. The molecule has 4 aliphatic rings. The van der Waals surface area contributed by atoms with Crippen LogP contribution in [0.2, 0.25) is 0 Å². The summed E-state index contributed by atoms with van der Waals surface area (Å²) in [5.74, 6) is 1.51. The molecule has 0 spiro atoms. The van der Waals surface area contributed by atoms with E-state index in [0.717, 1.165) is 8.47 Å². The van der Waals surface area contributed by atoms with Crippen molar-refractivity contribution < 1.29 is 19.1 Å². The summed E-state index contributed by atoms with van der Waals surface area (Å²) in [4.78, 5) is 24.7. The Labute approximate surface area is 185 Å². The van der Waals surface area contributed by atoms with E-state index in [2.05, 4.69) is 23.5 Å². The van der Waals surface area contributed by atoms with Gasteiger partial charge < -0.3 is 9.47 Å². The molecule has 0 bridgehead atoms. The Morgan fingerprint density at radius 1 is 0.731 bits per heavy atom. The minimum atomic E-state index is -0.494. The lowest BCUT2D eigenvalue weighted by molar-refractivity contribution is -0.138. The van der Waals surface area contributed by atoms with Crippen molar-refractivity contribution in [3.05, 3.63) is 26.8 Å². The summed E-state index contributed by atoms with van der Waals surface area (Å²) in [6.45, 7) is 0. The molecule has 0 unspecified atom stereocenters. The Bertz CT molecular complexity index is 702. The Morgan fingerprint density at radius 3 is 1.65 bits per heavy atom. The van der Waals surface area contributed by atoms with E-state index < -0.39 is 11.9 Å². The maximum absolute atomic E-state index is 12.0. The van der Waals surface area contributed by atoms with E-state index in [-0.39, 0.29) is 0 Å². The lowest BCUT2D eigenvalue weighted by Crippen LogP contribution is -2.08. The minimum absolute atomic E-state index is 0.317. The van der Waals surface area contributed by atoms with Gasteiger partial charge in [0.25, 0.3) is 0 Å². The molecule has 0 radical (unpaired) electrons. The quantitative estimate of drug-likeness (QED) is 0.468. The summed E-state index contributed by atoms with van der Waals surface area (Å²) in [7, 11) is 2.64. The molecular weight excluding hydrogens is 489 g/mol. The molecule has 0 aromatic heterocycles. The van der Waals surface area contributed by atoms with Crippen molar-refractivity contribution in [3.8, 4) is 0 Å². The molecule has 0 aromatic carbocycles. The van der Waals surface area contributed by atoms with Crippen LogP contribution in [0, 0.1) is 0 Å². The molecule has 26 heavy (non-hydrogen) atoms. The molecule has 0 aromatic rings. The maximum atomic E-state index is 12.0. The zero-order valence-corrected chi connectivity index (χ0v) is 20.0. The Balaban J connectivity index is 1.46. The largest absolute Gasteiger partial charge is 0.465 e. The number of hydrogen-bond donors (Lipinski definition) is 0. The van der Waals surface area contributed by atoms with Gasteiger partial charge in [-0.3, -0.25) is 0 Å². The fourth-order valence-corrected chi connectivity index (χ4v) is 15.7. The average Bonchev–Trinajstić information content (AvgIpc) is 3.41. The number of ether oxygens (including phenoxy) is 2. The van der Waals surface area contributed by atoms with E-state index in [1.54, 1.807) is 23.5 Å². The van der Waals surface area contributed by atoms with Crippen LogP contribution in [0.1, 0.15) is 0 Å². The van der Waals surface area contributed by atoms with Crippen molar-refractivity contribution in [2.75, 3.05) is 25.7 Å². The van der Waals surface area contributed by atoms with Gasteiger partial charge in [-0.05, 0) is 0 Å². The van der Waals surface area contributed by atoms with Gasteiger partial charge in [0, 0.05) is 11.5 Å². The highest BCUT2D eigenvalue weighted by Gasteiger charge is 2.41. The normalized spacial score (nSPS) is 24.1. The molecule has 0 saturated carbocycles. The molecule has 4 nitrogen and oxygen atoms in total. The van der Waals surface area contributed by atoms with Crippen LogP contribution in [0.25, 0.3) is 0 Å². The molecule has 0 atom stereocenters. The van der Waals surface area contributed by atoms with Gasteiger partial charge in [0.2, 0.25) is 0 Å². The minimum Gasteiger partial charge on any atom is -0.465 e. The molecular formula is C14H12O4S8. The Hall–Kier alpha value is 0.960. The van der Waals surface area contributed by atoms with Crippen LogP contribution in [0.4, 0.5) is 0 Å². The van der Waals surface area contributed by atoms with Gasteiger partial charge in [0.15, 0.2) is 0 Å². The van der Waals surface area contributed by atoms with E-state index in [1.165, 1.54) is 57.7 Å². The summed E-state index contributed by atoms with van der Waals surface area (Å²) in [6, 6.07) is 0. The SMILES string of the molecule is COC(=O)C1=C(C(=O)OC)SC(=C2SC3=C(S2)SC(C2SCCS2)S3)S1. The van der Waals surface area contributed by atoms with Crippen molar-refractivity contribution in [2.45, 2.75) is 9.16 Å². The third kappa shape index (κ3) is 3.99. The third-order valence-corrected chi connectivity index (χ3v) is 16.4. The topological polar surface area (TPSA) is 52.6 Å². The van der Waals surface area contributed by atoms with Crippen molar-refractivity contribution in [3.63, 3.8) is 0 Å². The number of rotatable bonds is 3. The molecule has 140 valence electrons. The van der Waals surface area contributed by atoms with Crippen molar-refractivity contribution in [2.24, 2.45) is 0 Å². The molecule has 0 N–H and O–H groups in total. The second-order valence-corrected chi connectivity index (χ2v) is 15.4. The van der Waals surface area contributed by atoms with Crippen LogP contribution in [-0.2, 0) is 19.1 Å². The van der Waals surface area contributed by atoms with E-state index >= 15 is 0 Å². The zero-order valence-electron chi connectivity index (χ0n) is 13.5. The molecule has 0 aliphatic carbocycles. The number of hydrogen-bond acceptors (Lipinski definition) is 12. The summed E-state index contributed by atoms with van der Waals surface area (Å²) < 4.78 is 15.7. The first kappa shape index (κ1) is 20.2. The summed E-state index contributed by atoms with van der Waals surface area (Å²) >= 11 is 14.2. The highest BCUT2D eigenvalue weighted by molar-refractivity contribution is 8.47. The van der Waals surface area contributed by atoms with Crippen LogP contribution in [-0.4, -0.2) is 46.8 Å². The van der Waals surface area contributed by atoms with Gasteiger partial charge in [-0.1, -0.05) is 47.0 Å². The first-order chi connectivity index (χ1) is 12.6. The van der Waals surface area contributed by atoms with Crippen molar-refractivity contribution in [1.82, 2.24) is 0 Å². The molecule has 0 amide bonds. The van der Waals surface area contributed by atoms with Crippen LogP contribution >= 0.6 is 94.1 Å². The highest BCUT2D eigenvalue weighted by Crippen LogP contribution is 2.70. The van der Waals surface area contributed by atoms with Crippen molar-refractivity contribution in [1.29, 1.82) is 0 Å². The lowest BCUT2D eigenvalue weighted by Gasteiger charge is -2.16. The number of carbonyl (C=O) groups excluding carboxylic acids is 2. The number of carbonyl (C=O) groups is 2. The smallest absolute Gasteiger partial charge is 0.346 e. The molecule has 4 aliphatic heterocycles. The maximum Gasteiger partial charge on any atom is 0.346 e. The first-order valence-corrected chi connectivity index (χ1v) is 14.4. The standard InChI is InChI=1S/C14H12O4S8/c1-17-7(15)5-6(8(16)18-2)22-11(21-5)12-25-13-14(26-12)24-10(23-13)9-19-3-4-20-9/h9-10H,3-4H2,1-2H3. The van der Waals surface area contributed by atoms with Crippen LogP contribution < -0.4 is 0 Å². The molecule has 4 heterocycles. The fraction of sp³-hybridized carbons (Fsp3) is 0.429. The second-order valence-electron chi connectivity index (χ2n) is 4.91. The average molecular weight is 501 g/mol. The van der Waals surface area contributed by atoms with E-state index in [0.29, 0.717) is 19.0 Å². The number of methoxy groups -OCH3 is 2. The number of thioether (sulfide) groups is 8. The third-order valence-electron chi connectivity index (χ3n) is 3.36. The second kappa shape index (κ2) is 8.76. The van der Waals surface area contributed by atoms with Crippen LogP contribution in [0.15, 0.2) is 26.8 Å². The molecule has 1 saturated heterocycles. The molecule has 1 fully saturated rings. The predicted molar refractivity (Wildman–Crippen MR) is 123 cm³/mol. The van der Waals surface area contributed by atoms with Gasteiger partial charge in [-0.25, -0.2) is 9.59 Å². The van der Waals surface area contributed by atoms with Gasteiger partial charge in [0.05, 0.1) is 40.3 Å². The fourth-order valence-electron chi connectivity index (χ4n) is 2.22.